The summed E-state index contributed by atoms with van der Waals surface area (Å²) >= 11 is 0. The van der Waals surface area contributed by atoms with Crippen LogP contribution < -0.4 is 19.5 Å². The van der Waals surface area contributed by atoms with Gasteiger partial charge in [-0.2, -0.15) is 0 Å². The minimum Gasteiger partial charge on any atom is -0.497 e. The van der Waals surface area contributed by atoms with Crippen LogP contribution in [-0.4, -0.2) is 27.5 Å². The number of hydrogen-bond donors (Lipinski definition) is 2. The Bertz CT molecular complexity index is 1100. The van der Waals surface area contributed by atoms with Crippen molar-refractivity contribution >= 4 is 27.3 Å². The number of sulfonamides is 1. The minimum atomic E-state index is -3.77. The topological polar surface area (TPSA) is 93.7 Å². The van der Waals surface area contributed by atoms with Crippen LogP contribution in [0.3, 0.4) is 0 Å². The van der Waals surface area contributed by atoms with Crippen LogP contribution in [0.4, 0.5) is 11.4 Å². The first-order chi connectivity index (χ1) is 14.9. The molecule has 8 heteroatoms. The molecule has 0 bridgehead atoms. The van der Waals surface area contributed by atoms with E-state index in [9.17, 15) is 13.2 Å². The number of hydrogen-bond acceptors (Lipinski definition) is 5. The van der Waals surface area contributed by atoms with Gasteiger partial charge in [0.1, 0.15) is 11.5 Å². The molecular formula is C23H24N2O5S. The van der Waals surface area contributed by atoms with Gasteiger partial charge in [0.05, 0.1) is 12.0 Å². The average molecular weight is 441 g/mol. The van der Waals surface area contributed by atoms with Crippen LogP contribution in [0.15, 0.2) is 83.8 Å². The molecular weight excluding hydrogens is 416 g/mol. The summed E-state index contributed by atoms with van der Waals surface area (Å²) in [6, 6.07) is 21.6. The lowest BCUT2D eigenvalue weighted by Gasteiger charge is -2.17. The van der Waals surface area contributed by atoms with Gasteiger partial charge in [0.2, 0.25) is 0 Å². The lowest BCUT2D eigenvalue weighted by Crippen LogP contribution is -2.32. The van der Waals surface area contributed by atoms with E-state index in [1.54, 1.807) is 36.4 Å². The minimum absolute atomic E-state index is 0.0777. The third kappa shape index (κ3) is 5.99. The van der Waals surface area contributed by atoms with Gasteiger partial charge in [-0.3, -0.25) is 9.52 Å². The van der Waals surface area contributed by atoms with Gasteiger partial charge in [0.25, 0.3) is 15.9 Å². The third-order valence-corrected chi connectivity index (χ3v) is 5.86. The van der Waals surface area contributed by atoms with Crippen molar-refractivity contribution in [1.29, 1.82) is 0 Å². The second-order valence-corrected chi connectivity index (χ2v) is 8.36. The molecule has 0 aliphatic carbocycles. The lowest BCUT2D eigenvalue weighted by atomic mass is 10.2. The maximum atomic E-state index is 12.6. The number of rotatable bonds is 9. The van der Waals surface area contributed by atoms with Crippen LogP contribution in [0.1, 0.15) is 13.3 Å². The van der Waals surface area contributed by atoms with Gasteiger partial charge in [0, 0.05) is 11.4 Å². The fraction of sp³-hybridized carbons (Fsp3) is 0.174. The number of nitrogens with one attached hydrogen (secondary N) is 2. The fourth-order valence-corrected chi connectivity index (χ4v) is 3.86. The van der Waals surface area contributed by atoms with Crippen LogP contribution in [0.25, 0.3) is 0 Å². The summed E-state index contributed by atoms with van der Waals surface area (Å²) in [4.78, 5) is 12.6. The number of anilines is 2. The standard InChI is InChI=1S/C23H24N2O5S/c1-3-22(30-20-7-5-4-6-8-20)23(26)24-17-11-15-21(16-12-17)31(27,28)25-18-9-13-19(29-2)14-10-18/h4-16,22,25H,3H2,1-2H3,(H,24,26)/t22-/m1/s1. The quantitative estimate of drug-likeness (QED) is 0.518. The highest BCUT2D eigenvalue weighted by Crippen LogP contribution is 2.21. The van der Waals surface area contributed by atoms with Gasteiger partial charge in [-0.1, -0.05) is 25.1 Å². The van der Waals surface area contributed by atoms with Gasteiger partial charge in [-0.25, -0.2) is 8.42 Å². The van der Waals surface area contributed by atoms with Crippen LogP contribution >= 0.6 is 0 Å². The van der Waals surface area contributed by atoms with Crippen LogP contribution in [-0.2, 0) is 14.8 Å². The van der Waals surface area contributed by atoms with Gasteiger partial charge in [-0.05, 0) is 67.1 Å². The molecule has 0 saturated heterocycles. The predicted molar refractivity (Wildman–Crippen MR) is 120 cm³/mol. The number of carbonyl (C=O) groups excluding carboxylic acids is 1. The van der Waals surface area contributed by atoms with Crippen molar-refractivity contribution in [3.8, 4) is 11.5 Å². The molecule has 0 aromatic heterocycles. The van der Waals surface area contributed by atoms with Gasteiger partial charge in [-0.15, -0.1) is 0 Å². The highest BCUT2D eigenvalue weighted by molar-refractivity contribution is 7.92. The average Bonchev–Trinajstić information content (AvgIpc) is 2.78. The molecule has 0 fully saturated rings. The van der Waals surface area contributed by atoms with Gasteiger partial charge >= 0.3 is 0 Å². The van der Waals surface area contributed by atoms with Crippen LogP contribution in [0, 0.1) is 0 Å². The summed E-state index contributed by atoms with van der Waals surface area (Å²) in [7, 11) is -2.23. The molecule has 2 N–H and O–H groups in total. The van der Waals surface area contributed by atoms with Crippen molar-refractivity contribution in [2.75, 3.05) is 17.1 Å². The molecule has 0 heterocycles. The van der Waals surface area contributed by atoms with E-state index in [2.05, 4.69) is 10.0 Å². The smallest absolute Gasteiger partial charge is 0.265 e. The summed E-state index contributed by atoms with van der Waals surface area (Å²) in [6.45, 7) is 1.85. The summed E-state index contributed by atoms with van der Waals surface area (Å²) in [5.74, 6) is 0.929. The van der Waals surface area contributed by atoms with E-state index >= 15 is 0 Å². The normalized spacial score (nSPS) is 11.9. The largest absolute Gasteiger partial charge is 0.497 e. The molecule has 1 atom stereocenters. The van der Waals surface area contributed by atoms with Crippen LogP contribution in [0.5, 0.6) is 11.5 Å². The Kier molecular flexibility index (Phi) is 7.15. The van der Waals surface area contributed by atoms with E-state index in [0.29, 0.717) is 29.3 Å². The Balaban J connectivity index is 1.64. The number of carbonyl (C=O) groups is 1. The fourth-order valence-electron chi connectivity index (χ4n) is 2.80. The molecule has 0 radical (unpaired) electrons. The third-order valence-electron chi connectivity index (χ3n) is 4.46. The maximum absolute atomic E-state index is 12.6. The van der Waals surface area contributed by atoms with E-state index in [1.165, 1.54) is 31.4 Å². The Morgan fingerprint density at radius 3 is 2.06 bits per heavy atom. The zero-order chi connectivity index (χ0) is 22.3. The van der Waals surface area contributed by atoms with E-state index in [0.717, 1.165) is 0 Å². The van der Waals surface area contributed by atoms with E-state index < -0.39 is 16.1 Å². The van der Waals surface area contributed by atoms with Crippen molar-refractivity contribution < 1.29 is 22.7 Å². The van der Waals surface area contributed by atoms with Crippen molar-refractivity contribution in [2.24, 2.45) is 0 Å². The number of amides is 1. The molecule has 3 rings (SSSR count). The van der Waals surface area contributed by atoms with Gasteiger partial charge in [0.15, 0.2) is 6.10 Å². The first kappa shape index (κ1) is 22.2. The Labute approximate surface area is 182 Å². The maximum Gasteiger partial charge on any atom is 0.265 e. The number of para-hydroxylation sites is 1. The highest BCUT2D eigenvalue weighted by atomic mass is 32.2. The zero-order valence-electron chi connectivity index (χ0n) is 17.2. The highest BCUT2D eigenvalue weighted by Gasteiger charge is 2.19. The van der Waals surface area contributed by atoms with Crippen molar-refractivity contribution in [3.05, 3.63) is 78.9 Å². The summed E-state index contributed by atoms with van der Waals surface area (Å²) in [6.07, 6.45) is -0.179. The monoisotopic (exact) mass is 440 g/mol. The van der Waals surface area contributed by atoms with Crippen molar-refractivity contribution in [3.63, 3.8) is 0 Å². The molecule has 3 aromatic carbocycles. The second-order valence-electron chi connectivity index (χ2n) is 6.68. The zero-order valence-corrected chi connectivity index (χ0v) is 18.1. The number of ether oxygens (including phenoxy) is 2. The number of methoxy groups -OCH3 is 1. The Morgan fingerprint density at radius 1 is 0.871 bits per heavy atom. The molecule has 162 valence electrons. The molecule has 3 aromatic rings. The second kappa shape index (κ2) is 9.99. The molecule has 7 nitrogen and oxygen atoms in total. The van der Waals surface area contributed by atoms with Crippen LogP contribution in [0.2, 0.25) is 0 Å². The molecule has 31 heavy (non-hydrogen) atoms. The van der Waals surface area contributed by atoms with E-state index in [4.69, 9.17) is 9.47 Å². The lowest BCUT2D eigenvalue weighted by molar-refractivity contribution is -0.122. The molecule has 0 aliphatic heterocycles. The molecule has 0 spiro atoms. The number of benzene rings is 3. The van der Waals surface area contributed by atoms with Crippen molar-refractivity contribution in [2.45, 2.75) is 24.3 Å². The summed E-state index contributed by atoms with van der Waals surface area (Å²) in [5, 5.41) is 2.76. The summed E-state index contributed by atoms with van der Waals surface area (Å²) in [5.41, 5.74) is 0.894. The van der Waals surface area contributed by atoms with E-state index in [1.807, 2.05) is 25.1 Å². The van der Waals surface area contributed by atoms with Crippen molar-refractivity contribution in [1.82, 2.24) is 0 Å². The first-order valence-electron chi connectivity index (χ1n) is 9.71. The molecule has 1 amide bonds. The first-order valence-corrected chi connectivity index (χ1v) is 11.2. The van der Waals surface area contributed by atoms with E-state index in [-0.39, 0.29) is 10.8 Å². The molecule has 0 saturated carbocycles. The predicted octanol–water partition coefficient (Wildman–Crippen LogP) is 4.29. The summed E-state index contributed by atoms with van der Waals surface area (Å²) < 4.78 is 38.5. The Hall–Kier alpha value is -3.52. The molecule has 0 aliphatic rings. The SMILES string of the molecule is CC[C@@H](Oc1ccccc1)C(=O)Nc1ccc(S(=O)(=O)Nc2ccc(OC)cc2)cc1. The van der Waals surface area contributed by atoms with Gasteiger partial charge < -0.3 is 14.8 Å². The Morgan fingerprint density at radius 2 is 1.48 bits per heavy atom. The molecule has 0 unspecified atom stereocenters.